The normalized spacial score (nSPS) is 24.0. The first kappa shape index (κ1) is 19.2. The summed E-state index contributed by atoms with van der Waals surface area (Å²) in [6.07, 6.45) is 4.69. The molecule has 2 aromatic carbocycles. The molecule has 5 rings (SSSR count). The molecule has 0 N–H and O–H groups in total. The number of hydrogen-bond acceptors (Lipinski definition) is 4. The average molecular weight is 460 g/mol. The molecule has 0 radical (unpaired) electrons. The van der Waals surface area contributed by atoms with Gasteiger partial charge in [-0.15, -0.1) is 0 Å². The Morgan fingerprint density at radius 3 is 2.57 bits per heavy atom. The van der Waals surface area contributed by atoms with Crippen LogP contribution < -0.4 is 0 Å². The summed E-state index contributed by atoms with van der Waals surface area (Å²) in [4.78, 5) is 15.8. The number of aromatic nitrogens is 1. The average Bonchev–Trinajstić information content (AvgIpc) is 3.33. The summed E-state index contributed by atoms with van der Waals surface area (Å²) in [5.74, 6) is 0.352. The zero-order chi connectivity index (χ0) is 20.4. The highest BCUT2D eigenvalue weighted by atomic mass is 79.9. The van der Waals surface area contributed by atoms with E-state index in [1.54, 1.807) is 0 Å². The molecule has 0 spiro atoms. The Morgan fingerprint density at radius 2 is 1.80 bits per heavy atom. The molecule has 0 unspecified atom stereocenters. The monoisotopic (exact) mass is 459 g/mol. The lowest BCUT2D eigenvalue weighted by molar-refractivity contribution is 0.128. The molecule has 0 saturated heterocycles. The van der Waals surface area contributed by atoms with Crippen LogP contribution in [0.25, 0.3) is 0 Å². The van der Waals surface area contributed by atoms with Crippen LogP contribution in [0.5, 0.6) is 0 Å². The van der Waals surface area contributed by atoms with Gasteiger partial charge in [-0.3, -0.25) is 9.98 Å². The molecule has 30 heavy (non-hydrogen) atoms. The maximum atomic E-state index is 5.80. The fourth-order valence-electron chi connectivity index (χ4n) is 4.54. The topological polar surface area (TPSA) is 46.8 Å². The number of rotatable bonds is 5. The lowest BCUT2D eigenvalue weighted by Gasteiger charge is -2.26. The Labute approximate surface area is 184 Å². The summed E-state index contributed by atoms with van der Waals surface area (Å²) in [7, 11) is 0. The predicted molar refractivity (Wildman–Crippen MR) is 123 cm³/mol. The van der Waals surface area contributed by atoms with Crippen LogP contribution in [0.15, 0.2) is 93.6 Å². The standard InChI is InChI=1S/C25H22BrN3O/c26-21-12-9-19(10-13-21)22-16-20-11-14-24(29-30-17-18-6-2-1-3-7-18)25(20,28-22)23-8-4-5-15-27-23/h1-10,12-13,15,20H,11,14,16-17H2/b29-24+/t20-,25-/m0/s1. The Balaban J connectivity index is 1.51. The molecule has 4 nitrogen and oxygen atoms in total. The van der Waals surface area contributed by atoms with Gasteiger partial charge in [-0.1, -0.05) is 69.6 Å². The van der Waals surface area contributed by atoms with Crippen molar-refractivity contribution in [3.63, 3.8) is 0 Å². The summed E-state index contributed by atoms with van der Waals surface area (Å²) in [6.45, 7) is 0.455. The maximum Gasteiger partial charge on any atom is 0.147 e. The van der Waals surface area contributed by atoms with E-state index in [4.69, 9.17) is 14.8 Å². The Bertz CT molecular complexity index is 1080. The highest BCUT2D eigenvalue weighted by Crippen LogP contribution is 2.51. The summed E-state index contributed by atoms with van der Waals surface area (Å²) >= 11 is 3.52. The van der Waals surface area contributed by atoms with Gasteiger partial charge in [0.1, 0.15) is 12.1 Å². The lowest BCUT2D eigenvalue weighted by atomic mass is 9.83. The number of hydrogen-bond donors (Lipinski definition) is 0. The van der Waals surface area contributed by atoms with E-state index in [0.717, 1.165) is 52.0 Å². The van der Waals surface area contributed by atoms with Crippen molar-refractivity contribution in [3.05, 3.63) is 100 Å². The summed E-state index contributed by atoms with van der Waals surface area (Å²) in [6, 6.07) is 24.5. The molecule has 1 saturated carbocycles. The van der Waals surface area contributed by atoms with Gasteiger partial charge >= 0.3 is 0 Å². The van der Waals surface area contributed by atoms with E-state index in [-0.39, 0.29) is 0 Å². The van der Waals surface area contributed by atoms with Crippen molar-refractivity contribution in [2.45, 2.75) is 31.4 Å². The third-order valence-electron chi connectivity index (χ3n) is 5.99. The lowest BCUT2D eigenvalue weighted by Crippen LogP contribution is -2.33. The highest BCUT2D eigenvalue weighted by Gasteiger charge is 2.54. The number of halogens is 1. The van der Waals surface area contributed by atoms with Crippen LogP contribution in [0.1, 0.15) is 36.1 Å². The first-order valence-electron chi connectivity index (χ1n) is 10.2. The zero-order valence-electron chi connectivity index (χ0n) is 16.5. The fourth-order valence-corrected chi connectivity index (χ4v) is 4.81. The van der Waals surface area contributed by atoms with Crippen LogP contribution in [0.2, 0.25) is 0 Å². The van der Waals surface area contributed by atoms with Crippen LogP contribution in [0, 0.1) is 5.92 Å². The molecule has 1 aliphatic heterocycles. The minimum absolute atomic E-state index is 0.352. The second-order valence-corrected chi connectivity index (χ2v) is 8.70. The van der Waals surface area contributed by atoms with Crippen molar-refractivity contribution in [2.24, 2.45) is 16.1 Å². The maximum absolute atomic E-state index is 5.80. The van der Waals surface area contributed by atoms with Gasteiger partial charge in [0.15, 0.2) is 0 Å². The third kappa shape index (κ3) is 3.47. The van der Waals surface area contributed by atoms with Crippen molar-refractivity contribution >= 4 is 27.4 Å². The van der Waals surface area contributed by atoms with Crippen LogP contribution in [-0.2, 0) is 17.0 Å². The molecule has 1 fully saturated rings. The summed E-state index contributed by atoms with van der Waals surface area (Å²) in [5, 5.41) is 4.61. The van der Waals surface area contributed by atoms with Gasteiger partial charge in [0.05, 0.1) is 11.4 Å². The number of benzene rings is 2. The van der Waals surface area contributed by atoms with E-state index < -0.39 is 5.54 Å². The Kier molecular flexibility index (Phi) is 5.21. The van der Waals surface area contributed by atoms with Gasteiger partial charge in [0.25, 0.3) is 0 Å². The van der Waals surface area contributed by atoms with Gasteiger partial charge in [-0.05, 0) is 54.7 Å². The SMILES string of the molecule is Brc1ccc(C2=N[C@@]3(c4ccccn4)/C(=N/OCc4ccccc4)CC[C@H]3C2)cc1. The summed E-state index contributed by atoms with van der Waals surface area (Å²) in [5.41, 5.74) is 4.80. The van der Waals surface area contributed by atoms with E-state index in [1.807, 2.05) is 48.7 Å². The minimum Gasteiger partial charge on any atom is -0.391 e. The smallest absolute Gasteiger partial charge is 0.147 e. The van der Waals surface area contributed by atoms with Crippen molar-refractivity contribution in [2.75, 3.05) is 0 Å². The largest absolute Gasteiger partial charge is 0.391 e. The van der Waals surface area contributed by atoms with Crippen molar-refractivity contribution in [3.8, 4) is 0 Å². The van der Waals surface area contributed by atoms with Crippen molar-refractivity contribution < 1.29 is 4.84 Å². The molecule has 1 aromatic heterocycles. The van der Waals surface area contributed by atoms with E-state index >= 15 is 0 Å². The molecular formula is C25H22BrN3O. The molecule has 3 aromatic rings. The van der Waals surface area contributed by atoms with Crippen LogP contribution in [-0.4, -0.2) is 16.4 Å². The van der Waals surface area contributed by atoms with Crippen molar-refractivity contribution in [1.82, 2.24) is 4.98 Å². The summed E-state index contributed by atoms with van der Waals surface area (Å²) < 4.78 is 1.07. The third-order valence-corrected chi connectivity index (χ3v) is 6.52. The van der Waals surface area contributed by atoms with E-state index in [1.165, 1.54) is 0 Å². The van der Waals surface area contributed by atoms with E-state index in [2.05, 4.69) is 51.4 Å². The number of oxime groups is 1. The number of pyridine rings is 1. The molecule has 0 amide bonds. The van der Waals surface area contributed by atoms with Gasteiger partial charge in [0, 0.05) is 22.3 Å². The van der Waals surface area contributed by atoms with Crippen LogP contribution >= 0.6 is 15.9 Å². The van der Waals surface area contributed by atoms with Crippen molar-refractivity contribution in [1.29, 1.82) is 0 Å². The number of nitrogens with zero attached hydrogens (tertiary/aromatic N) is 3. The zero-order valence-corrected chi connectivity index (χ0v) is 18.1. The Hall–Kier alpha value is -2.79. The second-order valence-electron chi connectivity index (χ2n) is 7.78. The first-order chi connectivity index (χ1) is 14.8. The quantitative estimate of drug-likeness (QED) is 0.444. The second kappa shape index (κ2) is 8.15. The number of aliphatic imine (C=N–C) groups is 1. The van der Waals surface area contributed by atoms with Crippen LogP contribution in [0.3, 0.4) is 0 Å². The fraction of sp³-hybridized carbons (Fsp3) is 0.240. The van der Waals surface area contributed by atoms with Gasteiger partial charge < -0.3 is 4.84 Å². The van der Waals surface area contributed by atoms with Crippen LogP contribution in [0.4, 0.5) is 0 Å². The molecule has 2 atom stereocenters. The van der Waals surface area contributed by atoms with Gasteiger partial charge in [-0.2, -0.15) is 0 Å². The van der Waals surface area contributed by atoms with Gasteiger partial charge in [0.2, 0.25) is 0 Å². The Morgan fingerprint density at radius 1 is 1.00 bits per heavy atom. The predicted octanol–water partition coefficient (Wildman–Crippen LogP) is 5.92. The molecular weight excluding hydrogens is 438 g/mol. The van der Waals surface area contributed by atoms with E-state index in [9.17, 15) is 0 Å². The molecule has 0 bridgehead atoms. The highest BCUT2D eigenvalue weighted by molar-refractivity contribution is 9.10. The van der Waals surface area contributed by atoms with E-state index in [0.29, 0.717) is 12.5 Å². The first-order valence-corrected chi connectivity index (χ1v) is 11.0. The minimum atomic E-state index is -0.527. The molecule has 150 valence electrons. The molecule has 2 heterocycles. The number of fused-ring (bicyclic) bond motifs is 1. The molecule has 2 aliphatic rings. The molecule has 1 aliphatic carbocycles. The molecule has 5 heteroatoms. The van der Waals surface area contributed by atoms with Gasteiger partial charge in [-0.25, -0.2) is 0 Å².